The van der Waals surface area contributed by atoms with Gasteiger partial charge in [-0.2, -0.15) is 0 Å². The topological polar surface area (TPSA) is 88.5 Å². The summed E-state index contributed by atoms with van der Waals surface area (Å²) in [4.78, 5) is 27.4. The standard InChI is InChI=1S/C30H26Cl2N2O4/c1-38-24-12-7-20(17-33-23-10-5-19(6-11-23)25-13-9-22(31)15-27(25)32)26(16-24)21-8-14-28(34-18-21)29(35)3-2-4-30(36)37/h5-16,18,33H,2-4,17H2,1H3,(H,36,37). The van der Waals surface area contributed by atoms with Crippen molar-refractivity contribution in [1.82, 2.24) is 4.98 Å². The fraction of sp³-hybridized carbons (Fsp3) is 0.167. The van der Waals surface area contributed by atoms with Crippen LogP contribution in [0.15, 0.2) is 79.0 Å². The van der Waals surface area contributed by atoms with Gasteiger partial charge >= 0.3 is 5.97 Å². The number of aliphatic carboxylic acids is 1. The molecule has 2 N–H and O–H groups in total. The minimum absolute atomic E-state index is 0.0401. The van der Waals surface area contributed by atoms with Gasteiger partial charge in [-0.3, -0.25) is 14.6 Å². The molecule has 0 amide bonds. The predicted octanol–water partition coefficient (Wildman–Crippen LogP) is 7.78. The Labute approximate surface area is 231 Å². The van der Waals surface area contributed by atoms with Crippen LogP contribution < -0.4 is 10.1 Å². The number of hydrogen-bond acceptors (Lipinski definition) is 5. The van der Waals surface area contributed by atoms with Crippen molar-refractivity contribution in [2.75, 3.05) is 12.4 Å². The van der Waals surface area contributed by atoms with E-state index in [1.807, 2.05) is 60.7 Å². The second-order valence-corrected chi connectivity index (χ2v) is 9.52. The summed E-state index contributed by atoms with van der Waals surface area (Å²) in [5.74, 6) is -0.377. The lowest BCUT2D eigenvalue weighted by Gasteiger charge is -2.14. The monoisotopic (exact) mass is 548 g/mol. The number of ketones is 1. The Hall–Kier alpha value is -3.87. The van der Waals surface area contributed by atoms with Gasteiger partial charge in [-0.05, 0) is 65.6 Å². The molecule has 0 unspecified atom stereocenters. The summed E-state index contributed by atoms with van der Waals surface area (Å²) in [7, 11) is 1.61. The van der Waals surface area contributed by atoms with E-state index in [0.717, 1.165) is 33.5 Å². The first-order valence-corrected chi connectivity index (χ1v) is 12.8. The van der Waals surface area contributed by atoms with E-state index in [0.29, 0.717) is 28.0 Å². The lowest BCUT2D eigenvalue weighted by Crippen LogP contribution is -2.05. The summed E-state index contributed by atoms with van der Waals surface area (Å²) >= 11 is 12.4. The molecule has 0 fully saturated rings. The molecule has 4 rings (SSSR count). The van der Waals surface area contributed by atoms with Crippen molar-refractivity contribution in [2.24, 2.45) is 0 Å². The number of hydrogen-bond donors (Lipinski definition) is 2. The number of ether oxygens (including phenoxy) is 1. The average molecular weight is 549 g/mol. The van der Waals surface area contributed by atoms with Gasteiger partial charge in [0.05, 0.1) is 7.11 Å². The van der Waals surface area contributed by atoms with Crippen LogP contribution >= 0.6 is 23.2 Å². The van der Waals surface area contributed by atoms with E-state index in [1.165, 1.54) is 0 Å². The molecule has 0 atom stereocenters. The highest BCUT2D eigenvalue weighted by atomic mass is 35.5. The van der Waals surface area contributed by atoms with Crippen LogP contribution in [0.4, 0.5) is 5.69 Å². The van der Waals surface area contributed by atoms with Crippen LogP contribution in [-0.2, 0) is 11.3 Å². The van der Waals surface area contributed by atoms with E-state index in [4.69, 9.17) is 33.0 Å². The maximum atomic E-state index is 12.4. The first-order valence-electron chi connectivity index (χ1n) is 12.0. The summed E-state index contributed by atoms with van der Waals surface area (Å²) in [6.07, 6.45) is 2.06. The number of aromatic nitrogens is 1. The lowest BCUT2D eigenvalue weighted by atomic mass is 9.99. The van der Waals surface area contributed by atoms with E-state index in [1.54, 1.807) is 25.4 Å². The van der Waals surface area contributed by atoms with Crippen molar-refractivity contribution in [3.8, 4) is 28.0 Å². The van der Waals surface area contributed by atoms with Gasteiger partial charge in [0.2, 0.25) is 0 Å². The highest BCUT2D eigenvalue weighted by Gasteiger charge is 2.12. The summed E-state index contributed by atoms with van der Waals surface area (Å²) in [5, 5.41) is 13.4. The Morgan fingerprint density at radius 3 is 2.32 bits per heavy atom. The maximum absolute atomic E-state index is 12.4. The number of anilines is 1. The number of nitrogens with one attached hydrogen (secondary N) is 1. The number of Topliss-reactive ketones (excluding diaryl/α,β-unsaturated/α-hetero) is 1. The van der Waals surface area contributed by atoms with E-state index < -0.39 is 5.97 Å². The first-order chi connectivity index (χ1) is 18.3. The molecule has 0 spiro atoms. The van der Waals surface area contributed by atoms with Crippen LogP contribution in [-0.4, -0.2) is 29.0 Å². The van der Waals surface area contributed by atoms with Gasteiger partial charge < -0.3 is 15.2 Å². The molecule has 194 valence electrons. The van der Waals surface area contributed by atoms with Crippen LogP contribution in [0.1, 0.15) is 35.3 Å². The van der Waals surface area contributed by atoms with Crippen molar-refractivity contribution in [3.63, 3.8) is 0 Å². The van der Waals surface area contributed by atoms with Gasteiger partial charge in [-0.25, -0.2) is 0 Å². The molecular weight excluding hydrogens is 523 g/mol. The van der Waals surface area contributed by atoms with Crippen LogP contribution in [0.25, 0.3) is 22.3 Å². The van der Waals surface area contributed by atoms with Crippen molar-refractivity contribution < 1.29 is 19.4 Å². The van der Waals surface area contributed by atoms with Gasteiger partial charge in [0.15, 0.2) is 5.78 Å². The molecule has 6 nitrogen and oxygen atoms in total. The number of methoxy groups -OCH3 is 1. The Morgan fingerprint density at radius 1 is 0.895 bits per heavy atom. The number of rotatable bonds is 11. The predicted molar refractivity (Wildman–Crippen MR) is 151 cm³/mol. The molecule has 0 aliphatic heterocycles. The molecule has 38 heavy (non-hydrogen) atoms. The van der Waals surface area contributed by atoms with Crippen LogP contribution in [0.2, 0.25) is 10.0 Å². The number of pyridine rings is 1. The number of nitrogens with zero attached hydrogens (tertiary/aromatic N) is 1. The molecule has 3 aromatic carbocycles. The fourth-order valence-electron chi connectivity index (χ4n) is 4.04. The average Bonchev–Trinajstić information content (AvgIpc) is 2.92. The number of carbonyl (C=O) groups is 2. The smallest absolute Gasteiger partial charge is 0.303 e. The molecule has 0 aliphatic carbocycles. The summed E-state index contributed by atoms with van der Waals surface area (Å²) in [6.45, 7) is 0.552. The highest BCUT2D eigenvalue weighted by Crippen LogP contribution is 2.32. The van der Waals surface area contributed by atoms with Gasteiger partial charge in [-0.1, -0.05) is 53.5 Å². The third-order valence-electron chi connectivity index (χ3n) is 6.08. The van der Waals surface area contributed by atoms with Crippen molar-refractivity contribution in [2.45, 2.75) is 25.8 Å². The number of benzene rings is 3. The normalized spacial score (nSPS) is 10.7. The summed E-state index contributed by atoms with van der Waals surface area (Å²) in [5.41, 5.74) is 5.97. The van der Waals surface area contributed by atoms with Crippen LogP contribution in [0.5, 0.6) is 5.75 Å². The Kier molecular flexibility index (Phi) is 9.00. The Morgan fingerprint density at radius 2 is 1.66 bits per heavy atom. The van der Waals surface area contributed by atoms with Crippen molar-refractivity contribution in [1.29, 1.82) is 0 Å². The van der Waals surface area contributed by atoms with Crippen LogP contribution in [0, 0.1) is 0 Å². The van der Waals surface area contributed by atoms with Crippen molar-refractivity contribution >= 4 is 40.6 Å². The second-order valence-electron chi connectivity index (χ2n) is 8.68. The van der Waals surface area contributed by atoms with Gasteiger partial charge in [0.1, 0.15) is 11.4 Å². The van der Waals surface area contributed by atoms with Crippen molar-refractivity contribution in [3.05, 3.63) is 100 Å². The van der Waals surface area contributed by atoms with Crippen LogP contribution in [0.3, 0.4) is 0 Å². The first kappa shape index (κ1) is 27.2. The molecule has 0 bridgehead atoms. The van der Waals surface area contributed by atoms with E-state index >= 15 is 0 Å². The SMILES string of the molecule is COc1ccc(CNc2ccc(-c3ccc(Cl)cc3Cl)cc2)c(-c2ccc(C(=O)CCCC(=O)O)nc2)c1. The third-order valence-corrected chi connectivity index (χ3v) is 6.63. The van der Waals surface area contributed by atoms with Gasteiger partial charge in [-0.15, -0.1) is 0 Å². The zero-order valence-electron chi connectivity index (χ0n) is 20.7. The lowest BCUT2D eigenvalue weighted by molar-refractivity contribution is -0.137. The molecule has 0 radical (unpaired) electrons. The zero-order valence-corrected chi connectivity index (χ0v) is 22.2. The Bertz CT molecular complexity index is 1440. The number of carboxylic acid groups (broad SMARTS) is 1. The zero-order chi connectivity index (χ0) is 27.1. The molecule has 8 heteroatoms. The van der Waals surface area contributed by atoms with E-state index in [2.05, 4.69) is 10.3 Å². The van der Waals surface area contributed by atoms with Gasteiger partial charge in [0, 0.05) is 52.4 Å². The largest absolute Gasteiger partial charge is 0.497 e. The van der Waals surface area contributed by atoms with E-state index in [9.17, 15) is 9.59 Å². The minimum atomic E-state index is -0.915. The maximum Gasteiger partial charge on any atom is 0.303 e. The summed E-state index contributed by atoms with van der Waals surface area (Å²) < 4.78 is 5.43. The molecule has 0 saturated carbocycles. The molecule has 0 aliphatic rings. The Balaban J connectivity index is 1.48. The molecular formula is C30H26Cl2N2O4. The molecule has 0 saturated heterocycles. The minimum Gasteiger partial charge on any atom is -0.497 e. The molecule has 1 heterocycles. The quantitative estimate of drug-likeness (QED) is 0.186. The molecule has 4 aromatic rings. The number of carboxylic acids is 1. The summed E-state index contributed by atoms with van der Waals surface area (Å²) in [6, 6.07) is 22.8. The molecule has 1 aromatic heterocycles. The number of carbonyl (C=O) groups excluding carboxylic acids is 1. The fourth-order valence-corrected chi connectivity index (χ4v) is 4.56. The highest BCUT2D eigenvalue weighted by molar-refractivity contribution is 6.36. The number of halogens is 2. The van der Waals surface area contributed by atoms with E-state index in [-0.39, 0.29) is 25.0 Å². The second kappa shape index (κ2) is 12.6. The van der Waals surface area contributed by atoms with Gasteiger partial charge in [0.25, 0.3) is 0 Å². The third kappa shape index (κ3) is 6.91.